The highest BCUT2D eigenvalue weighted by Crippen LogP contribution is 2.36. The number of hydrogen-bond donors (Lipinski definition) is 2. The third kappa shape index (κ3) is 8.66. The molecule has 0 fully saturated rings. The molecule has 0 atom stereocenters. The molecule has 0 spiro atoms. The summed E-state index contributed by atoms with van der Waals surface area (Å²) < 4.78 is 22.5. The maximum atomic E-state index is 6.48. The average Bonchev–Trinajstić information content (AvgIpc) is 2.87. The highest BCUT2D eigenvalue weighted by atomic mass is 35.5. The second-order valence-electron chi connectivity index (χ2n) is 7.18. The number of nitrogens with zero attached hydrogens (tertiary/aromatic N) is 1. The van der Waals surface area contributed by atoms with Crippen LogP contribution in [0.5, 0.6) is 23.0 Å². The number of methoxy groups -OCH3 is 1. The molecule has 7 nitrogen and oxygen atoms in total. The molecule has 184 valence electrons. The van der Waals surface area contributed by atoms with Crippen molar-refractivity contribution in [3.8, 4) is 23.0 Å². The van der Waals surface area contributed by atoms with Gasteiger partial charge < -0.3 is 24.3 Å². The van der Waals surface area contributed by atoms with Crippen LogP contribution in [-0.4, -0.2) is 38.3 Å². The highest BCUT2D eigenvalue weighted by molar-refractivity contribution is 7.80. The van der Waals surface area contributed by atoms with E-state index < -0.39 is 0 Å². The Morgan fingerprint density at radius 1 is 0.971 bits per heavy atom. The molecule has 3 aromatic carbocycles. The fourth-order valence-electron chi connectivity index (χ4n) is 3.04. The lowest BCUT2D eigenvalue weighted by Crippen LogP contribution is -2.31. The van der Waals surface area contributed by atoms with Crippen LogP contribution < -0.4 is 29.7 Å². The van der Waals surface area contributed by atoms with Gasteiger partial charge in [0.2, 0.25) is 0 Å². The van der Waals surface area contributed by atoms with Crippen molar-refractivity contribution in [1.29, 1.82) is 0 Å². The van der Waals surface area contributed by atoms with Crippen LogP contribution in [0.4, 0.5) is 0 Å². The molecule has 0 saturated carbocycles. The number of hydrogen-bond acceptors (Lipinski definition) is 6. The first-order valence-corrected chi connectivity index (χ1v) is 11.8. The van der Waals surface area contributed by atoms with E-state index >= 15 is 0 Å². The Kier molecular flexibility index (Phi) is 10.5. The monoisotopic (exact) mass is 513 g/mol. The van der Waals surface area contributed by atoms with Crippen LogP contribution >= 0.6 is 23.8 Å². The second kappa shape index (κ2) is 14.0. The van der Waals surface area contributed by atoms with Gasteiger partial charge in [-0.2, -0.15) is 5.10 Å². The van der Waals surface area contributed by atoms with Crippen LogP contribution in [0.1, 0.15) is 18.1 Å². The number of nitrogens with one attached hydrogen (secondary N) is 2. The largest absolute Gasteiger partial charge is 0.497 e. The number of halogens is 1. The summed E-state index contributed by atoms with van der Waals surface area (Å²) in [4.78, 5) is 0. The Labute approximate surface area is 216 Å². The summed E-state index contributed by atoms with van der Waals surface area (Å²) in [6, 6.07) is 20.9. The zero-order valence-electron chi connectivity index (χ0n) is 19.6. The predicted molar refractivity (Wildman–Crippen MR) is 143 cm³/mol. The van der Waals surface area contributed by atoms with Crippen LogP contribution in [0.15, 0.2) is 71.8 Å². The molecule has 3 aromatic rings. The van der Waals surface area contributed by atoms with E-state index in [4.69, 9.17) is 42.8 Å². The molecule has 0 aromatic heterocycles. The van der Waals surface area contributed by atoms with Gasteiger partial charge in [-0.05, 0) is 54.5 Å². The molecular formula is C26H28ClN3O4S. The Balaban J connectivity index is 1.53. The van der Waals surface area contributed by atoms with Crippen molar-refractivity contribution in [3.63, 3.8) is 0 Å². The molecule has 0 aliphatic heterocycles. The second-order valence-corrected chi connectivity index (χ2v) is 7.99. The topological polar surface area (TPSA) is 73.3 Å². The lowest BCUT2D eigenvalue weighted by atomic mass is 10.2. The van der Waals surface area contributed by atoms with E-state index in [1.807, 2.05) is 61.5 Å². The molecule has 0 heterocycles. The van der Waals surface area contributed by atoms with Crippen molar-refractivity contribution in [2.75, 3.05) is 26.9 Å². The maximum absolute atomic E-state index is 6.48. The van der Waals surface area contributed by atoms with E-state index in [0.717, 1.165) is 16.9 Å². The Hall–Kier alpha value is -3.49. The summed E-state index contributed by atoms with van der Waals surface area (Å²) in [5, 5.41) is 8.11. The molecule has 0 aliphatic carbocycles. The molecule has 9 heteroatoms. The summed E-state index contributed by atoms with van der Waals surface area (Å²) in [5.41, 5.74) is 4.66. The van der Waals surface area contributed by atoms with E-state index in [1.165, 1.54) is 0 Å². The molecule has 0 aliphatic rings. The number of ether oxygens (including phenoxy) is 4. The van der Waals surface area contributed by atoms with Crippen molar-refractivity contribution in [2.45, 2.75) is 13.5 Å². The highest BCUT2D eigenvalue weighted by Gasteiger charge is 2.12. The van der Waals surface area contributed by atoms with E-state index in [9.17, 15) is 0 Å². The Bertz CT molecular complexity index is 1130. The zero-order chi connectivity index (χ0) is 24.9. The molecule has 0 saturated heterocycles. The van der Waals surface area contributed by atoms with Crippen LogP contribution in [0.25, 0.3) is 0 Å². The molecule has 35 heavy (non-hydrogen) atoms. The molecule has 0 radical (unpaired) electrons. The van der Waals surface area contributed by atoms with Gasteiger partial charge in [0.25, 0.3) is 0 Å². The van der Waals surface area contributed by atoms with E-state index in [2.05, 4.69) is 15.8 Å². The molecular weight excluding hydrogens is 486 g/mol. The third-order valence-corrected chi connectivity index (χ3v) is 5.16. The van der Waals surface area contributed by atoms with Gasteiger partial charge in [-0.15, -0.1) is 0 Å². The molecule has 0 unspecified atom stereocenters. The first kappa shape index (κ1) is 26.1. The van der Waals surface area contributed by atoms with Gasteiger partial charge >= 0.3 is 0 Å². The van der Waals surface area contributed by atoms with Crippen molar-refractivity contribution in [1.82, 2.24) is 10.7 Å². The first-order chi connectivity index (χ1) is 17.1. The molecule has 3 rings (SSSR count). The minimum Gasteiger partial charge on any atom is -0.497 e. The SMILES string of the molecule is CCOc1cc(C=NNC(=S)NCc2ccccc2)cc(Cl)c1OCCOc1cccc(OC)c1. The van der Waals surface area contributed by atoms with Gasteiger partial charge in [0.15, 0.2) is 16.6 Å². The Morgan fingerprint density at radius 3 is 2.51 bits per heavy atom. The normalized spacial score (nSPS) is 10.6. The smallest absolute Gasteiger partial charge is 0.187 e. The number of hydrazone groups is 1. The van der Waals surface area contributed by atoms with Crippen molar-refractivity contribution in [3.05, 3.63) is 82.9 Å². The van der Waals surface area contributed by atoms with Crippen molar-refractivity contribution in [2.24, 2.45) is 5.10 Å². The molecule has 2 N–H and O–H groups in total. The van der Waals surface area contributed by atoms with E-state index in [1.54, 1.807) is 25.5 Å². The number of thiocarbonyl (C=S) groups is 1. The van der Waals surface area contributed by atoms with Crippen LogP contribution in [0.2, 0.25) is 5.02 Å². The van der Waals surface area contributed by atoms with Gasteiger partial charge in [0.1, 0.15) is 24.7 Å². The van der Waals surface area contributed by atoms with Gasteiger partial charge in [-0.3, -0.25) is 5.43 Å². The van der Waals surface area contributed by atoms with Gasteiger partial charge in [0, 0.05) is 12.6 Å². The maximum Gasteiger partial charge on any atom is 0.187 e. The quantitative estimate of drug-likeness (QED) is 0.149. The van der Waals surface area contributed by atoms with Gasteiger partial charge in [-0.25, -0.2) is 0 Å². The summed E-state index contributed by atoms with van der Waals surface area (Å²) in [5.74, 6) is 2.39. The van der Waals surface area contributed by atoms with Crippen molar-refractivity contribution < 1.29 is 18.9 Å². The van der Waals surface area contributed by atoms with E-state index in [-0.39, 0.29) is 6.61 Å². The van der Waals surface area contributed by atoms with Crippen LogP contribution in [0, 0.1) is 0 Å². The summed E-state index contributed by atoms with van der Waals surface area (Å²) in [6.07, 6.45) is 1.61. The van der Waals surface area contributed by atoms with Gasteiger partial charge in [0.05, 0.1) is 25.0 Å². The fourth-order valence-corrected chi connectivity index (χ4v) is 3.44. The zero-order valence-corrected chi connectivity index (χ0v) is 21.2. The summed E-state index contributed by atoms with van der Waals surface area (Å²) in [7, 11) is 1.61. The predicted octanol–water partition coefficient (Wildman–Crippen LogP) is 5.20. The lowest BCUT2D eigenvalue weighted by Gasteiger charge is -2.15. The average molecular weight is 514 g/mol. The molecule has 0 bridgehead atoms. The van der Waals surface area contributed by atoms with E-state index in [0.29, 0.717) is 47.1 Å². The van der Waals surface area contributed by atoms with Crippen molar-refractivity contribution >= 4 is 35.1 Å². The third-order valence-electron chi connectivity index (χ3n) is 4.65. The minimum absolute atomic E-state index is 0.285. The fraction of sp³-hybridized carbons (Fsp3) is 0.231. The lowest BCUT2D eigenvalue weighted by molar-refractivity contribution is 0.208. The summed E-state index contributed by atoms with van der Waals surface area (Å²) >= 11 is 11.7. The summed E-state index contributed by atoms with van der Waals surface area (Å²) in [6.45, 7) is 3.57. The van der Waals surface area contributed by atoms with Crippen LogP contribution in [0.3, 0.4) is 0 Å². The Morgan fingerprint density at radius 2 is 1.74 bits per heavy atom. The first-order valence-electron chi connectivity index (χ1n) is 11.1. The minimum atomic E-state index is 0.285. The molecule has 0 amide bonds. The standard InChI is InChI=1S/C26H28ClN3O4S/c1-3-32-24-15-20(18-29-30-26(35)28-17-19-8-5-4-6-9-19)14-23(27)25(24)34-13-12-33-22-11-7-10-21(16-22)31-2/h4-11,14-16,18H,3,12-13,17H2,1-2H3,(H2,28,30,35). The number of rotatable bonds is 12. The van der Waals surface area contributed by atoms with Crippen LogP contribution in [-0.2, 0) is 6.54 Å². The number of benzene rings is 3. The van der Waals surface area contributed by atoms with Gasteiger partial charge in [-0.1, -0.05) is 48.0 Å².